The fraction of sp³-hybridized carbons (Fsp3) is 0.333. The van der Waals surface area contributed by atoms with Crippen molar-refractivity contribution < 1.29 is 20.1 Å². The van der Waals surface area contributed by atoms with E-state index in [1.807, 2.05) is 24.3 Å². The van der Waals surface area contributed by atoms with Gasteiger partial charge in [0.1, 0.15) is 0 Å². The van der Waals surface area contributed by atoms with Crippen LogP contribution >= 0.6 is 0 Å². The molecule has 0 saturated heterocycles. The van der Waals surface area contributed by atoms with Gasteiger partial charge in [0.25, 0.3) is 0 Å². The minimum Gasteiger partial charge on any atom is -0.305 e. The Bertz CT molecular complexity index is 1670. The Labute approximate surface area is 291 Å². The summed E-state index contributed by atoms with van der Waals surface area (Å²) in [5.41, 5.74) is 11.4. The maximum absolute atomic E-state index is 4.81. The van der Waals surface area contributed by atoms with Crippen LogP contribution in [-0.2, 0) is 39.4 Å². The maximum Gasteiger partial charge on any atom is 0.0798 e. The van der Waals surface area contributed by atoms with Crippen molar-refractivity contribution in [1.82, 2.24) is 9.97 Å². The Morgan fingerprint density at radius 3 is 2.07 bits per heavy atom. The number of aryl methyl sites for hydroxylation is 1. The third-order valence-electron chi connectivity index (χ3n) is 9.44. The van der Waals surface area contributed by atoms with E-state index in [4.69, 9.17) is 9.97 Å². The van der Waals surface area contributed by atoms with Crippen molar-refractivity contribution in [2.45, 2.75) is 83.8 Å². The first-order chi connectivity index (χ1) is 22.0. The fourth-order valence-corrected chi connectivity index (χ4v) is 8.70. The van der Waals surface area contributed by atoms with Gasteiger partial charge < -0.3 is 9.97 Å². The van der Waals surface area contributed by atoms with Gasteiger partial charge in [-0.25, -0.2) is 0 Å². The molecule has 1 fully saturated rings. The van der Waals surface area contributed by atoms with E-state index < -0.39 is 8.07 Å². The zero-order chi connectivity index (χ0) is 31.1. The Morgan fingerprint density at radius 1 is 0.717 bits per heavy atom. The SMILES string of the molecule is C[Si](C)(C)c1cnc(-c2[c-]cccc2)cc1CC1CCCCC1.[Ir].[c-]1ccccc1-c1ncc2c(c1-c1ccccc1)CCCC2. The van der Waals surface area contributed by atoms with E-state index in [0.717, 1.165) is 41.3 Å². The molecule has 239 valence electrons. The van der Waals surface area contributed by atoms with Crippen molar-refractivity contribution >= 4 is 13.3 Å². The minimum absolute atomic E-state index is 0. The molecule has 2 heterocycles. The molecule has 0 spiro atoms. The van der Waals surface area contributed by atoms with Gasteiger partial charge in [0, 0.05) is 32.5 Å². The topological polar surface area (TPSA) is 25.8 Å². The van der Waals surface area contributed by atoms with E-state index in [1.54, 1.807) is 10.8 Å². The number of benzene rings is 3. The Kier molecular flexibility index (Phi) is 12.0. The molecule has 2 nitrogen and oxygen atoms in total. The summed E-state index contributed by atoms with van der Waals surface area (Å²) in [4.78, 5) is 9.58. The quantitative estimate of drug-likeness (QED) is 0.126. The molecule has 1 saturated carbocycles. The number of nitrogens with zero attached hydrogens (tertiary/aromatic N) is 2. The second-order valence-electron chi connectivity index (χ2n) is 13.8. The predicted molar refractivity (Wildman–Crippen MR) is 192 cm³/mol. The van der Waals surface area contributed by atoms with Crippen LogP contribution < -0.4 is 5.19 Å². The Morgan fingerprint density at radius 2 is 1.39 bits per heavy atom. The minimum atomic E-state index is -1.36. The van der Waals surface area contributed by atoms with Crippen LogP contribution in [0, 0.1) is 18.1 Å². The van der Waals surface area contributed by atoms with E-state index in [9.17, 15) is 0 Å². The summed E-state index contributed by atoms with van der Waals surface area (Å²) in [5.74, 6) is 0.869. The molecule has 0 N–H and O–H groups in total. The second kappa shape index (κ2) is 16.1. The van der Waals surface area contributed by atoms with Crippen LogP contribution in [0.25, 0.3) is 33.6 Å². The van der Waals surface area contributed by atoms with Crippen LogP contribution in [0.15, 0.2) is 97.3 Å². The third-order valence-corrected chi connectivity index (χ3v) is 11.5. The summed E-state index contributed by atoms with van der Waals surface area (Å²) in [6.45, 7) is 7.30. The monoisotopic (exact) mass is 799 g/mol. The molecule has 1 radical (unpaired) electrons. The van der Waals surface area contributed by atoms with Crippen molar-refractivity contribution in [3.63, 3.8) is 0 Å². The van der Waals surface area contributed by atoms with E-state index in [-0.39, 0.29) is 20.1 Å². The Balaban J connectivity index is 0.000000177. The normalized spacial score (nSPS) is 14.8. The van der Waals surface area contributed by atoms with Crippen LogP contribution in [-0.4, -0.2) is 18.0 Å². The molecule has 0 atom stereocenters. The number of aromatic nitrogens is 2. The predicted octanol–water partition coefficient (Wildman–Crippen LogP) is 10.3. The van der Waals surface area contributed by atoms with Gasteiger partial charge in [0.05, 0.1) is 8.07 Å². The number of pyridine rings is 2. The van der Waals surface area contributed by atoms with Gasteiger partial charge in [-0.05, 0) is 76.9 Å². The van der Waals surface area contributed by atoms with E-state index in [1.165, 1.54) is 73.6 Å². The molecule has 0 amide bonds. The van der Waals surface area contributed by atoms with Crippen LogP contribution in [0.3, 0.4) is 0 Å². The number of rotatable bonds is 6. The van der Waals surface area contributed by atoms with Crippen molar-refractivity contribution in [3.8, 4) is 33.6 Å². The van der Waals surface area contributed by atoms with Gasteiger partial charge in [-0.3, -0.25) is 0 Å². The van der Waals surface area contributed by atoms with Crippen molar-refractivity contribution in [3.05, 3.63) is 126 Å². The van der Waals surface area contributed by atoms with Gasteiger partial charge in [0.15, 0.2) is 0 Å². The van der Waals surface area contributed by atoms with Gasteiger partial charge in [0.2, 0.25) is 0 Å². The molecule has 46 heavy (non-hydrogen) atoms. The molecule has 2 aliphatic rings. The molecular formula is C42H46IrN2Si-2. The molecule has 2 aromatic heterocycles. The molecule has 5 aromatic rings. The smallest absolute Gasteiger partial charge is 0.0798 e. The van der Waals surface area contributed by atoms with E-state index in [0.29, 0.717) is 0 Å². The van der Waals surface area contributed by atoms with Gasteiger partial charge in [-0.2, -0.15) is 0 Å². The van der Waals surface area contributed by atoms with Crippen LogP contribution in [0.4, 0.5) is 0 Å². The summed E-state index contributed by atoms with van der Waals surface area (Å²) in [6, 6.07) is 36.0. The van der Waals surface area contributed by atoms with Crippen molar-refractivity contribution in [2.75, 3.05) is 0 Å². The number of hydrogen-bond acceptors (Lipinski definition) is 2. The molecule has 2 aliphatic carbocycles. The molecule has 7 rings (SSSR count). The first-order valence-electron chi connectivity index (χ1n) is 17.0. The van der Waals surface area contributed by atoms with Gasteiger partial charge >= 0.3 is 0 Å². The summed E-state index contributed by atoms with van der Waals surface area (Å²) in [6.07, 6.45) is 17.4. The molecule has 0 bridgehead atoms. The first-order valence-corrected chi connectivity index (χ1v) is 20.5. The van der Waals surface area contributed by atoms with Crippen LogP contribution in [0.5, 0.6) is 0 Å². The molecular weight excluding hydrogens is 753 g/mol. The van der Waals surface area contributed by atoms with Crippen LogP contribution in [0.2, 0.25) is 19.6 Å². The summed E-state index contributed by atoms with van der Waals surface area (Å²) < 4.78 is 0. The fourth-order valence-electron chi connectivity index (χ4n) is 7.11. The summed E-state index contributed by atoms with van der Waals surface area (Å²) in [7, 11) is -1.36. The molecule has 3 aromatic carbocycles. The second-order valence-corrected chi connectivity index (χ2v) is 18.8. The van der Waals surface area contributed by atoms with Gasteiger partial charge in [-0.15, -0.1) is 71.8 Å². The third kappa shape index (κ3) is 8.40. The largest absolute Gasteiger partial charge is 0.305 e. The van der Waals surface area contributed by atoms with Crippen molar-refractivity contribution in [1.29, 1.82) is 0 Å². The molecule has 4 heteroatoms. The summed E-state index contributed by atoms with van der Waals surface area (Å²) >= 11 is 0. The maximum atomic E-state index is 4.81. The van der Waals surface area contributed by atoms with Crippen LogP contribution in [0.1, 0.15) is 61.6 Å². The van der Waals surface area contributed by atoms with E-state index >= 15 is 0 Å². The summed E-state index contributed by atoms with van der Waals surface area (Å²) in [5, 5.41) is 1.54. The zero-order valence-electron chi connectivity index (χ0n) is 27.6. The first kappa shape index (κ1) is 34.2. The molecule has 0 aliphatic heterocycles. The standard InChI is InChI=1S/C21H28NSi.C21H18N.Ir/c1-23(2,3)21-16-22-20(18-12-8-5-9-13-18)15-19(21)14-17-10-6-4-7-11-17;1-3-9-16(10-4-1)20-19-14-8-7-13-18(19)15-22-21(20)17-11-5-2-6-12-17;/h5,8-9,12,15-17H,4,6-7,10-11,14H2,1-3H3;1-6,9-11,15H,7-8,13-14H2;/q2*-1;. The van der Waals surface area contributed by atoms with Crippen molar-refractivity contribution in [2.24, 2.45) is 5.92 Å². The molecule has 0 unspecified atom stereocenters. The number of fused-ring (bicyclic) bond motifs is 1. The Hall–Kier alpha value is -3.17. The van der Waals surface area contributed by atoms with Gasteiger partial charge in [-0.1, -0.05) is 93.7 Å². The average Bonchev–Trinajstić information content (AvgIpc) is 3.09. The van der Waals surface area contributed by atoms with E-state index in [2.05, 4.69) is 105 Å². The average molecular weight is 799 g/mol. The zero-order valence-corrected chi connectivity index (χ0v) is 31.0. The number of hydrogen-bond donors (Lipinski definition) is 0.